The first kappa shape index (κ1) is 31.6. The van der Waals surface area contributed by atoms with E-state index in [1.165, 1.54) is 24.8 Å². The lowest BCUT2D eigenvalue weighted by Crippen LogP contribution is -2.47. The van der Waals surface area contributed by atoms with Crippen LogP contribution in [0.5, 0.6) is 5.75 Å². The quantitative estimate of drug-likeness (QED) is 0.277. The van der Waals surface area contributed by atoms with Gasteiger partial charge in [0.25, 0.3) is 5.91 Å². The van der Waals surface area contributed by atoms with Crippen LogP contribution in [0.25, 0.3) is 0 Å². The zero-order chi connectivity index (χ0) is 30.6. The fraction of sp³-hybridized carbons (Fsp3) is 0.500. The maximum absolute atomic E-state index is 13.8. The molecule has 0 N–H and O–H groups in total. The number of amides is 1. The smallest absolute Gasteiger partial charge is 0.416 e. The highest BCUT2D eigenvalue weighted by Crippen LogP contribution is 2.41. The molecule has 1 unspecified atom stereocenters. The molecule has 1 aliphatic carbocycles. The van der Waals surface area contributed by atoms with Crippen LogP contribution in [0.2, 0.25) is 0 Å². The summed E-state index contributed by atoms with van der Waals surface area (Å²) in [4.78, 5) is 14.0. The summed E-state index contributed by atoms with van der Waals surface area (Å²) in [5.41, 5.74) is -1.36. The zero-order valence-electron chi connectivity index (χ0n) is 22.1. The van der Waals surface area contributed by atoms with E-state index in [1.54, 1.807) is 0 Å². The van der Waals surface area contributed by atoms with Gasteiger partial charge < -0.3 is 9.64 Å². The molecule has 0 aromatic heterocycles. The third-order valence-corrected chi connectivity index (χ3v) is 12.6. The molecule has 7 nitrogen and oxygen atoms in total. The average molecular weight is 642 g/mol. The molecule has 0 bridgehead atoms. The summed E-state index contributed by atoms with van der Waals surface area (Å²) in [6, 6.07) is 6.74. The highest BCUT2D eigenvalue weighted by Gasteiger charge is 2.45. The van der Waals surface area contributed by atoms with E-state index in [9.17, 15) is 43.6 Å². The Labute approximate surface area is 237 Å². The van der Waals surface area contributed by atoms with Gasteiger partial charge in [0.05, 0.1) is 30.9 Å². The summed E-state index contributed by atoms with van der Waals surface area (Å²) in [6.45, 7) is 2.92. The van der Waals surface area contributed by atoms with Gasteiger partial charge in [-0.3, -0.25) is 4.79 Å². The minimum Gasteiger partial charge on any atom is -0.429 e. The van der Waals surface area contributed by atoms with E-state index < -0.39 is 69.7 Å². The van der Waals surface area contributed by atoms with Crippen molar-refractivity contribution in [3.05, 3.63) is 53.6 Å². The summed E-state index contributed by atoms with van der Waals surface area (Å²) in [7, 11) is -6.82. The van der Waals surface area contributed by atoms with Crippen LogP contribution in [-0.2, 0) is 25.9 Å². The highest BCUT2D eigenvalue weighted by molar-refractivity contribution is 7.93. The van der Waals surface area contributed by atoms with E-state index >= 15 is 0 Å². The van der Waals surface area contributed by atoms with Crippen LogP contribution in [0, 0.1) is 5.92 Å². The van der Waals surface area contributed by atoms with Crippen molar-refractivity contribution in [2.75, 3.05) is 13.1 Å². The van der Waals surface area contributed by atoms with Gasteiger partial charge in [-0.25, -0.2) is 16.8 Å². The molecule has 2 fully saturated rings. The van der Waals surface area contributed by atoms with Crippen molar-refractivity contribution in [2.45, 2.75) is 71.3 Å². The maximum Gasteiger partial charge on any atom is 0.416 e. The first-order valence-electron chi connectivity index (χ1n) is 12.7. The highest BCUT2D eigenvalue weighted by atomic mass is 32.2. The summed E-state index contributed by atoms with van der Waals surface area (Å²) < 4.78 is 122. The van der Waals surface area contributed by atoms with Crippen LogP contribution in [0.4, 0.5) is 22.0 Å². The lowest BCUT2D eigenvalue weighted by molar-refractivity contribution is -0.137. The van der Waals surface area contributed by atoms with E-state index in [4.69, 9.17) is 0 Å². The second-order valence-corrected chi connectivity index (χ2v) is 16.2. The number of ether oxygens (including phenoxy) is 1. The molecule has 2 aliphatic rings. The Morgan fingerprint density at radius 3 is 2.05 bits per heavy atom. The summed E-state index contributed by atoms with van der Waals surface area (Å²) in [5, 5.41) is -0.608. The molecule has 1 aliphatic heterocycles. The van der Waals surface area contributed by atoms with Gasteiger partial charge in [0, 0.05) is 13.1 Å². The van der Waals surface area contributed by atoms with Crippen molar-refractivity contribution < 1.29 is 48.3 Å². The third-order valence-electron chi connectivity index (χ3n) is 7.65. The second kappa shape index (κ2) is 10.8. The van der Waals surface area contributed by atoms with Crippen LogP contribution in [0.3, 0.4) is 0 Å². The minimum absolute atomic E-state index is 0.0316. The molecule has 41 heavy (non-hydrogen) atoms. The molecular formula is C26H29F5NO6PS2. The largest absolute Gasteiger partial charge is 0.429 e. The number of carbonyl (C=O) groups is 1. The Kier molecular flexibility index (Phi) is 8.29. The SMILES string of the molecule is CC(C)(C1CCN(C(=O)c2ccc(S(=O)(=O)C3CC3)cc2OC(F)(F)P)CC1)S(=O)(=O)c1cccc(C(F)(F)F)c1. The lowest BCUT2D eigenvalue weighted by Gasteiger charge is -2.40. The summed E-state index contributed by atoms with van der Waals surface area (Å²) >= 11 is 0. The molecule has 4 rings (SSSR count). The Balaban J connectivity index is 1.54. The van der Waals surface area contributed by atoms with Crippen LogP contribution in [0.15, 0.2) is 52.3 Å². The van der Waals surface area contributed by atoms with Crippen LogP contribution < -0.4 is 4.74 Å². The minimum atomic E-state index is -4.72. The van der Waals surface area contributed by atoms with E-state index in [0.29, 0.717) is 18.9 Å². The van der Waals surface area contributed by atoms with E-state index in [0.717, 1.165) is 39.6 Å². The van der Waals surface area contributed by atoms with Crippen molar-refractivity contribution in [1.29, 1.82) is 0 Å². The first-order chi connectivity index (χ1) is 18.7. The number of sulfone groups is 2. The molecule has 1 atom stereocenters. The molecule has 0 radical (unpaired) electrons. The normalized spacial score (nSPS) is 17.9. The molecule has 0 spiro atoms. The van der Waals surface area contributed by atoms with E-state index in [1.807, 2.05) is 0 Å². The number of carbonyl (C=O) groups excluding carboxylic acids is 1. The summed E-state index contributed by atoms with van der Waals surface area (Å²) in [5.74, 6) is -5.64. The Hall–Kier alpha value is -2.31. The van der Waals surface area contributed by atoms with Gasteiger partial charge in [0.1, 0.15) is 5.75 Å². The van der Waals surface area contributed by atoms with Crippen molar-refractivity contribution in [3.8, 4) is 5.75 Å². The van der Waals surface area contributed by atoms with Crippen molar-refractivity contribution in [3.63, 3.8) is 0 Å². The number of hydrogen-bond donors (Lipinski definition) is 0. The van der Waals surface area contributed by atoms with Gasteiger partial charge in [0.2, 0.25) is 0 Å². The number of benzene rings is 2. The molecule has 15 heteroatoms. The molecule has 1 saturated heterocycles. The van der Waals surface area contributed by atoms with Gasteiger partial charge in [0.15, 0.2) is 19.7 Å². The fourth-order valence-electron chi connectivity index (χ4n) is 4.97. The molecule has 1 heterocycles. The van der Waals surface area contributed by atoms with Gasteiger partial charge in [-0.05, 0) is 91.1 Å². The molecule has 1 amide bonds. The number of nitrogens with zero attached hydrogens (tertiary/aromatic N) is 1. The van der Waals surface area contributed by atoms with Crippen LogP contribution in [0.1, 0.15) is 55.5 Å². The van der Waals surface area contributed by atoms with Crippen molar-refractivity contribution >= 4 is 34.8 Å². The van der Waals surface area contributed by atoms with E-state index in [2.05, 4.69) is 4.74 Å². The second-order valence-electron chi connectivity index (χ2n) is 10.8. The van der Waals surface area contributed by atoms with Crippen molar-refractivity contribution in [2.24, 2.45) is 5.92 Å². The maximum atomic E-state index is 13.8. The lowest BCUT2D eigenvalue weighted by atomic mass is 9.85. The fourth-order valence-corrected chi connectivity index (χ4v) is 8.59. The van der Waals surface area contributed by atoms with Crippen molar-refractivity contribution in [1.82, 2.24) is 4.90 Å². The third kappa shape index (κ3) is 6.54. The molecule has 226 valence electrons. The number of rotatable bonds is 8. The van der Waals surface area contributed by atoms with Gasteiger partial charge in [-0.15, -0.1) is 0 Å². The molecule has 2 aromatic carbocycles. The van der Waals surface area contributed by atoms with Crippen LogP contribution in [-0.4, -0.2) is 56.6 Å². The van der Waals surface area contributed by atoms with Crippen LogP contribution >= 0.6 is 9.24 Å². The average Bonchev–Trinajstić information content (AvgIpc) is 3.73. The first-order valence-corrected chi connectivity index (χ1v) is 16.3. The zero-order valence-corrected chi connectivity index (χ0v) is 24.9. The Morgan fingerprint density at radius 1 is 0.902 bits per heavy atom. The monoisotopic (exact) mass is 641 g/mol. The topological polar surface area (TPSA) is 97.8 Å². The van der Waals surface area contributed by atoms with Gasteiger partial charge >= 0.3 is 12.0 Å². The predicted molar refractivity (Wildman–Crippen MR) is 143 cm³/mol. The molecule has 1 saturated carbocycles. The number of hydrogen-bond acceptors (Lipinski definition) is 6. The summed E-state index contributed by atoms with van der Waals surface area (Å²) in [6.07, 6.45) is -3.48. The number of likely N-dealkylation sites (tertiary alicyclic amines) is 1. The predicted octanol–water partition coefficient (Wildman–Crippen LogP) is 5.55. The molecule has 2 aromatic rings. The number of alkyl halides is 5. The Bertz CT molecular complexity index is 1540. The Morgan fingerprint density at radius 2 is 1.51 bits per heavy atom. The standard InChI is InChI=1S/C26H29F5NO6PS2/c1-24(2,41(36,37)20-5-3-4-17(14-20)25(27,28)29)16-10-12-32(13-11-16)23(33)21-9-8-19(40(34,35)18-6-7-18)15-22(21)38-26(30,31)39/h3-5,8-9,14-16,18H,6-7,10-13,39H2,1-2H3. The van der Waals surface area contributed by atoms with Gasteiger partial charge in [-0.2, -0.15) is 22.0 Å². The number of piperidine rings is 1. The van der Waals surface area contributed by atoms with E-state index in [-0.39, 0.29) is 36.4 Å². The molecular weight excluding hydrogens is 612 g/mol. The number of halogens is 5. The van der Waals surface area contributed by atoms with Gasteiger partial charge in [-0.1, -0.05) is 6.07 Å².